The lowest BCUT2D eigenvalue weighted by atomic mass is 9.44. The van der Waals surface area contributed by atoms with E-state index in [1.807, 2.05) is 6.92 Å². The summed E-state index contributed by atoms with van der Waals surface area (Å²) in [5, 5.41) is 32.0. The molecule has 0 aromatic heterocycles. The lowest BCUT2D eigenvalue weighted by Gasteiger charge is -2.63. The Morgan fingerprint density at radius 3 is 2.61 bits per heavy atom. The number of carbonyl (C=O) groups excluding carboxylic acids is 2. The van der Waals surface area contributed by atoms with E-state index in [1.165, 1.54) is 0 Å². The molecule has 0 aromatic carbocycles. The van der Waals surface area contributed by atoms with E-state index >= 15 is 4.39 Å². The van der Waals surface area contributed by atoms with Gasteiger partial charge in [0.05, 0.1) is 6.10 Å². The molecule has 0 aromatic rings. The van der Waals surface area contributed by atoms with Gasteiger partial charge in [-0.2, -0.15) is 0 Å². The van der Waals surface area contributed by atoms with Crippen LogP contribution >= 0.6 is 0 Å². The monoisotopic (exact) mass is 394 g/mol. The summed E-state index contributed by atoms with van der Waals surface area (Å²) in [7, 11) is 0. The minimum absolute atomic E-state index is 0.0158. The molecule has 3 N–H and O–H groups in total. The molecule has 2 unspecified atom stereocenters. The normalized spacial score (nSPS) is 53.1. The van der Waals surface area contributed by atoms with Crippen LogP contribution in [0, 0.1) is 28.6 Å². The van der Waals surface area contributed by atoms with Crippen molar-refractivity contribution < 1.29 is 29.3 Å². The van der Waals surface area contributed by atoms with E-state index in [0.717, 1.165) is 5.57 Å². The van der Waals surface area contributed by atoms with Gasteiger partial charge in [0.15, 0.2) is 11.6 Å². The summed E-state index contributed by atoms with van der Waals surface area (Å²) < 4.78 is 16.9. The van der Waals surface area contributed by atoms with Crippen LogP contribution in [0.25, 0.3) is 0 Å². The Balaban J connectivity index is 1.83. The Kier molecular flexibility index (Phi) is 4.29. The van der Waals surface area contributed by atoms with Gasteiger partial charge in [-0.25, -0.2) is 4.39 Å². The van der Waals surface area contributed by atoms with Crippen LogP contribution in [0.3, 0.4) is 0 Å². The number of halogens is 1. The average molecular weight is 394 g/mol. The fraction of sp³-hybridized carbons (Fsp3) is 0.818. The molecule has 4 aliphatic rings. The van der Waals surface area contributed by atoms with Crippen molar-refractivity contribution in [3.63, 3.8) is 0 Å². The molecular weight excluding hydrogens is 363 g/mol. The second-order valence-electron chi connectivity index (χ2n) is 10.1. The number of allylic oxidation sites excluding steroid dienone is 1. The molecule has 8 atom stereocenters. The van der Waals surface area contributed by atoms with Crippen molar-refractivity contribution in [3.8, 4) is 0 Å². The van der Waals surface area contributed by atoms with E-state index in [1.54, 1.807) is 19.9 Å². The molecule has 0 bridgehead atoms. The highest BCUT2D eigenvalue weighted by molar-refractivity contribution is 5.92. The molecule has 3 saturated carbocycles. The Bertz CT molecular complexity index is 764. The third kappa shape index (κ3) is 2.07. The SMILES string of the molecule is CC1C[C@H]2[C@@H]3CCC4=CC(=O)CC[C@]4(C)[C@@]3(F)C(O)C[C@]2(C)[C@@]1(O)C(=O)CO. The van der Waals surface area contributed by atoms with Crippen LogP contribution in [0.4, 0.5) is 4.39 Å². The smallest absolute Gasteiger partial charge is 0.190 e. The van der Waals surface area contributed by atoms with Crippen molar-refractivity contribution in [1.29, 1.82) is 0 Å². The zero-order chi connectivity index (χ0) is 20.7. The van der Waals surface area contributed by atoms with Crippen LogP contribution in [0.2, 0.25) is 0 Å². The van der Waals surface area contributed by atoms with E-state index in [-0.39, 0.29) is 24.5 Å². The third-order valence-corrected chi connectivity index (χ3v) is 9.19. The number of aliphatic hydroxyl groups excluding tert-OH is 2. The molecule has 4 aliphatic carbocycles. The zero-order valence-corrected chi connectivity index (χ0v) is 16.9. The minimum Gasteiger partial charge on any atom is -0.390 e. The number of alkyl halides is 1. The number of hydrogen-bond acceptors (Lipinski definition) is 5. The lowest BCUT2D eigenvalue weighted by molar-refractivity contribution is -0.228. The molecule has 5 nitrogen and oxygen atoms in total. The number of aliphatic hydroxyl groups is 3. The van der Waals surface area contributed by atoms with Crippen LogP contribution in [0.5, 0.6) is 0 Å². The molecule has 0 amide bonds. The van der Waals surface area contributed by atoms with E-state index in [9.17, 15) is 24.9 Å². The van der Waals surface area contributed by atoms with E-state index in [0.29, 0.717) is 25.7 Å². The molecule has 0 radical (unpaired) electrons. The standard InChI is InChI=1S/C22H31FO5/c1-12-8-16-15-5-4-13-9-14(25)6-7-19(13,2)21(15,23)17(26)10-20(16,3)22(12,28)18(27)11-24/h9,12,15-17,24,26,28H,4-8,10-11H2,1-3H3/t12?,15-,16-,17?,19-,20-,21-,22-/m0/s1. The highest BCUT2D eigenvalue weighted by Gasteiger charge is 2.75. The first kappa shape index (κ1) is 20.2. The summed E-state index contributed by atoms with van der Waals surface area (Å²) >= 11 is 0. The maximum atomic E-state index is 16.9. The van der Waals surface area contributed by atoms with E-state index in [2.05, 4.69) is 0 Å². The van der Waals surface area contributed by atoms with Gasteiger partial charge in [0.2, 0.25) is 0 Å². The van der Waals surface area contributed by atoms with Gasteiger partial charge in [-0.3, -0.25) is 9.59 Å². The van der Waals surface area contributed by atoms with Crippen LogP contribution in [0.15, 0.2) is 11.6 Å². The maximum absolute atomic E-state index is 16.9. The molecule has 3 fully saturated rings. The molecule has 0 saturated heterocycles. The molecule has 0 spiro atoms. The van der Waals surface area contributed by atoms with E-state index < -0.39 is 52.4 Å². The predicted octanol–water partition coefficient (Wildman–Crippen LogP) is 2.12. The van der Waals surface area contributed by atoms with E-state index in [4.69, 9.17) is 0 Å². The van der Waals surface area contributed by atoms with Crippen LogP contribution in [-0.2, 0) is 9.59 Å². The van der Waals surface area contributed by atoms with Gasteiger partial charge in [0.1, 0.15) is 17.9 Å². The Morgan fingerprint density at radius 2 is 1.96 bits per heavy atom. The molecule has 0 aliphatic heterocycles. The van der Waals surface area contributed by atoms with Crippen molar-refractivity contribution >= 4 is 11.6 Å². The number of fused-ring (bicyclic) bond motifs is 5. The molecule has 4 rings (SSSR count). The number of hydrogen-bond donors (Lipinski definition) is 3. The first-order chi connectivity index (χ1) is 13.0. The topological polar surface area (TPSA) is 94.8 Å². The maximum Gasteiger partial charge on any atom is 0.190 e. The first-order valence-corrected chi connectivity index (χ1v) is 10.4. The van der Waals surface area contributed by atoms with Gasteiger partial charge in [0, 0.05) is 23.2 Å². The fourth-order valence-electron chi connectivity index (χ4n) is 7.62. The van der Waals surface area contributed by atoms with Gasteiger partial charge in [0.25, 0.3) is 0 Å². The molecule has 28 heavy (non-hydrogen) atoms. The quantitative estimate of drug-likeness (QED) is 0.667. The lowest BCUT2D eigenvalue weighted by Crippen LogP contribution is -2.69. The summed E-state index contributed by atoms with van der Waals surface area (Å²) in [5.41, 5.74) is -4.77. The summed E-state index contributed by atoms with van der Waals surface area (Å²) in [6, 6.07) is 0. The summed E-state index contributed by atoms with van der Waals surface area (Å²) in [5.74, 6) is -1.82. The second kappa shape index (κ2) is 5.96. The largest absolute Gasteiger partial charge is 0.390 e. The Hall–Kier alpha value is -1.11. The number of carbonyl (C=O) groups is 2. The molecule has 0 heterocycles. The molecular formula is C22H31FO5. The van der Waals surface area contributed by atoms with Crippen molar-refractivity contribution in [2.24, 2.45) is 28.6 Å². The zero-order valence-electron chi connectivity index (χ0n) is 16.9. The van der Waals surface area contributed by atoms with Crippen molar-refractivity contribution in [3.05, 3.63) is 11.6 Å². The highest BCUT2D eigenvalue weighted by atomic mass is 19.1. The number of ketones is 2. The van der Waals surface area contributed by atoms with Gasteiger partial charge >= 0.3 is 0 Å². The summed E-state index contributed by atoms with van der Waals surface area (Å²) in [4.78, 5) is 24.5. The Labute approximate surface area is 165 Å². The van der Waals surface area contributed by atoms with Crippen molar-refractivity contribution in [1.82, 2.24) is 0 Å². The van der Waals surface area contributed by atoms with Crippen LogP contribution < -0.4 is 0 Å². The molecule has 156 valence electrons. The number of rotatable bonds is 2. The van der Waals surface area contributed by atoms with Crippen molar-refractivity contribution in [2.45, 2.75) is 76.7 Å². The summed E-state index contributed by atoms with van der Waals surface area (Å²) in [6.45, 7) is 4.61. The first-order valence-electron chi connectivity index (χ1n) is 10.4. The Morgan fingerprint density at radius 1 is 1.29 bits per heavy atom. The van der Waals surface area contributed by atoms with Gasteiger partial charge < -0.3 is 15.3 Å². The van der Waals surface area contributed by atoms with Gasteiger partial charge in [-0.15, -0.1) is 0 Å². The van der Waals surface area contributed by atoms with Gasteiger partial charge in [-0.1, -0.05) is 26.3 Å². The highest BCUT2D eigenvalue weighted by Crippen LogP contribution is 2.71. The predicted molar refractivity (Wildman–Crippen MR) is 100 cm³/mol. The molecule has 6 heteroatoms. The summed E-state index contributed by atoms with van der Waals surface area (Å²) in [6.07, 6.45) is 2.41. The second-order valence-corrected chi connectivity index (χ2v) is 10.1. The van der Waals surface area contributed by atoms with Crippen molar-refractivity contribution in [2.75, 3.05) is 6.61 Å². The third-order valence-electron chi connectivity index (χ3n) is 9.19. The van der Waals surface area contributed by atoms with Crippen LogP contribution in [0.1, 0.15) is 59.3 Å². The minimum atomic E-state index is -1.89. The van der Waals surface area contributed by atoms with Crippen LogP contribution in [-0.4, -0.2) is 50.9 Å². The fourth-order valence-corrected chi connectivity index (χ4v) is 7.62. The number of Topliss-reactive ketones (excluding diaryl/α,β-unsaturated/α-hetero) is 1. The van der Waals surface area contributed by atoms with Gasteiger partial charge in [-0.05, 0) is 50.0 Å². The average Bonchev–Trinajstić information content (AvgIpc) is 2.84.